The lowest BCUT2D eigenvalue weighted by Gasteiger charge is -2.29. The lowest BCUT2D eigenvalue weighted by Crippen LogP contribution is -2.42. The first kappa shape index (κ1) is 21.6. The van der Waals surface area contributed by atoms with Gasteiger partial charge in [-0.05, 0) is 42.5 Å². The monoisotopic (exact) mass is 465 g/mol. The summed E-state index contributed by atoms with van der Waals surface area (Å²) < 4.78 is 56.3. The first-order valence-corrected chi connectivity index (χ1v) is 9.29. The van der Waals surface area contributed by atoms with Gasteiger partial charge < -0.3 is 15.5 Å². The lowest BCUT2D eigenvalue weighted by molar-refractivity contribution is -0.275. The van der Waals surface area contributed by atoms with E-state index in [0.717, 1.165) is 18.2 Å². The van der Waals surface area contributed by atoms with Gasteiger partial charge in [-0.2, -0.15) is 13.2 Å². The number of benzene rings is 2. The molecular formula is C18H13Cl2F4N3OS. The van der Waals surface area contributed by atoms with Crippen LogP contribution >= 0.6 is 35.4 Å². The lowest BCUT2D eigenvalue weighted by atomic mass is 9.86. The fraction of sp³-hybridized carbons (Fsp3) is 0.222. The Morgan fingerprint density at radius 3 is 2.38 bits per heavy atom. The molecule has 1 aliphatic rings. The highest BCUT2D eigenvalue weighted by Gasteiger charge is 2.62. The van der Waals surface area contributed by atoms with Crippen LogP contribution in [0.1, 0.15) is 17.5 Å². The molecule has 0 saturated heterocycles. The molecule has 154 valence electrons. The van der Waals surface area contributed by atoms with E-state index in [9.17, 15) is 17.6 Å². The average molecular weight is 466 g/mol. The third-order valence-corrected chi connectivity index (χ3v) is 5.04. The van der Waals surface area contributed by atoms with E-state index >= 15 is 0 Å². The molecule has 4 nitrogen and oxygen atoms in total. The van der Waals surface area contributed by atoms with Gasteiger partial charge in [0, 0.05) is 34.6 Å². The van der Waals surface area contributed by atoms with Crippen LogP contribution in [0.15, 0.2) is 41.6 Å². The van der Waals surface area contributed by atoms with Gasteiger partial charge in [0.15, 0.2) is 5.11 Å². The molecule has 2 aromatic carbocycles. The van der Waals surface area contributed by atoms with Crippen LogP contribution in [0, 0.1) is 5.82 Å². The Bertz CT molecular complexity index is 979. The van der Waals surface area contributed by atoms with Crippen LogP contribution in [0.4, 0.5) is 23.2 Å². The Morgan fingerprint density at radius 2 is 1.83 bits per heavy atom. The van der Waals surface area contributed by atoms with E-state index in [-0.39, 0.29) is 37.7 Å². The molecule has 0 aliphatic carbocycles. The second kappa shape index (κ2) is 7.97. The second-order valence-corrected chi connectivity index (χ2v) is 7.47. The fourth-order valence-electron chi connectivity index (χ4n) is 2.83. The van der Waals surface area contributed by atoms with Crippen molar-refractivity contribution >= 4 is 51.9 Å². The molecule has 11 heteroatoms. The molecule has 1 unspecified atom stereocenters. The summed E-state index contributed by atoms with van der Waals surface area (Å²) in [7, 11) is 1.56. The zero-order valence-corrected chi connectivity index (χ0v) is 17.0. The van der Waals surface area contributed by atoms with E-state index in [1.165, 1.54) is 18.2 Å². The Hall–Kier alpha value is -2.10. The van der Waals surface area contributed by atoms with Gasteiger partial charge in [-0.25, -0.2) is 4.39 Å². The highest BCUT2D eigenvalue weighted by atomic mass is 35.5. The first-order valence-electron chi connectivity index (χ1n) is 8.13. The van der Waals surface area contributed by atoms with Crippen molar-refractivity contribution in [2.24, 2.45) is 5.16 Å². The summed E-state index contributed by atoms with van der Waals surface area (Å²) in [6.45, 7) is 0. The van der Waals surface area contributed by atoms with Crippen LogP contribution in [-0.4, -0.2) is 24.0 Å². The number of nitrogens with one attached hydrogen (secondary N) is 2. The average Bonchev–Trinajstić information content (AvgIpc) is 3.09. The molecule has 1 atom stereocenters. The number of oxime groups is 1. The maximum absolute atomic E-state index is 14.4. The summed E-state index contributed by atoms with van der Waals surface area (Å²) in [5.74, 6) is -0.710. The molecule has 1 heterocycles. The van der Waals surface area contributed by atoms with Crippen LogP contribution in [0.2, 0.25) is 10.0 Å². The van der Waals surface area contributed by atoms with Gasteiger partial charge in [-0.15, -0.1) is 0 Å². The number of alkyl halides is 3. The highest BCUT2D eigenvalue weighted by molar-refractivity contribution is 7.80. The molecule has 0 amide bonds. The maximum atomic E-state index is 14.4. The standard InChI is InChI=1S/C18H13Cl2F4N3OS/c1-25-16(29)26-14-3-2-9(4-13(14)21)15-8-17(28-27-15,18(22,23)24)10-5-11(19)7-12(20)6-10/h2-7H,8H2,1H3,(H2,25,26,29). The molecule has 0 fully saturated rings. The van der Waals surface area contributed by atoms with E-state index in [4.69, 9.17) is 40.3 Å². The minimum absolute atomic E-state index is 0.0233. The minimum atomic E-state index is -4.83. The van der Waals surface area contributed by atoms with Crippen molar-refractivity contribution in [3.8, 4) is 0 Å². The summed E-state index contributed by atoms with van der Waals surface area (Å²) >= 11 is 16.6. The van der Waals surface area contributed by atoms with Crippen molar-refractivity contribution in [1.82, 2.24) is 5.32 Å². The molecular weight excluding hydrogens is 453 g/mol. The summed E-state index contributed by atoms with van der Waals surface area (Å²) in [6.07, 6.45) is -5.50. The van der Waals surface area contributed by atoms with E-state index < -0.39 is 24.0 Å². The normalized spacial score (nSPS) is 18.8. The predicted molar refractivity (Wildman–Crippen MR) is 108 cm³/mol. The number of hydrogen-bond donors (Lipinski definition) is 2. The second-order valence-electron chi connectivity index (χ2n) is 6.19. The topological polar surface area (TPSA) is 45.7 Å². The van der Waals surface area contributed by atoms with Gasteiger partial charge in [0.2, 0.25) is 0 Å². The molecule has 0 aromatic heterocycles. The molecule has 29 heavy (non-hydrogen) atoms. The third kappa shape index (κ3) is 4.26. The Kier molecular flexibility index (Phi) is 5.93. The largest absolute Gasteiger partial charge is 0.435 e. The maximum Gasteiger partial charge on any atom is 0.435 e. The fourth-order valence-corrected chi connectivity index (χ4v) is 3.46. The molecule has 0 spiro atoms. The summed E-state index contributed by atoms with van der Waals surface area (Å²) in [5.41, 5.74) is -2.93. The van der Waals surface area contributed by atoms with E-state index in [2.05, 4.69) is 15.8 Å². The summed E-state index contributed by atoms with van der Waals surface area (Å²) in [6, 6.07) is 7.37. The van der Waals surface area contributed by atoms with Crippen molar-refractivity contribution in [2.45, 2.75) is 18.2 Å². The minimum Gasteiger partial charge on any atom is -0.374 e. The van der Waals surface area contributed by atoms with E-state index in [1.54, 1.807) is 7.05 Å². The van der Waals surface area contributed by atoms with E-state index in [0.29, 0.717) is 0 Å². The molecule has 0 saturated carbocycles. The molecule has 1 aliphatic heterocycles. The van der Waals surface area contributed by atoms with Crippen molar-refractivity contribution in [3.63, 3.8) is 0 Å². The summed E-state index contributed by atoms with van der Waals surface area (Å²) in [4.78, 5) is 4.90. The van der Waals surface area contributed by atoms with Crippen molar-refractivity contribution in [1.29, 1.82) is 0 Å². The molecule has 0 bridgehead atoms. The molecule has 2 N–H and O–H groups in total. The molecule has 3 rings (SSSR count). The van der Waals surface area contributed by atoms with Crippen LogP contribution in [0.5, 0.6) is 0 Å². The number of hydrogen-bond acceptors (Lipinski definition) is 3. The van der Waals surface area contributed by atoms with E-state index in [1.807, 2.05) is 0 Å². The SMILES string of the molecule is CNC(=S)Nc1ccc(C2=NOC(c3cc(Cl)cc(Cl)c3)(C(F)(F)F)C2)cc1F. The van der Waals surface area contributed by atoms with Crippen molar-refractivity contribution in [3.05, 3.63) is 63.4 Å². The van der Waals surface area contributed by atoms with Gasteiger partial charge >= 0.3 is 6.18 Å². The third-order valence-electron chi connectivity index (χ3n) is 4.29. The van der Waals surface area contributed by atoms with Crippen LogP contribution in [0.3, 0.4) is 0 Å². The molecule has 0 radical (unpaired) electrons. The highest BCUT2D eigenvalue weighted by Crippen LogP contribution is 2.49. The number of rotatable bonds is 3. The van der Waals surface area contributed by atoms with Crippen LogP contribution in [-0.2, 0) is 10.4 Å². The van der Waals surface area contributed by atoms with Gasteiger partial charge in [0.05, 0.1) is 11.4 Å². The number of thiocarbonyl (C=S) groups is 1. The smallest absolute Gasteiger partial charge is 0.374 e. The Morgan fingerprint density at radius 1 is 1.17 bits per heavy atom. The van der Waals surface area contributed by atoms with Gasteiger partial charge in [0.1, 0.15) is 5.82 Å². The van der Waals surface area contributed by atoms with Crippen LogP contribution < -0.4 is 10.6 Å². The quantitative estimate of drug-likeness (QED) is 0.455. The number of anilines is 1. The summed E-state index contributed by atoms with van der Waals surface area (Å²) in [5, 5.41) is 9.08. The predicted octanol–water partition coefficient (Wildman–Crippen LogP) is 5.63. The number of halogens is 6. The Balaban J connectivity index is 1.95. The molecule has 2 aromatic rings. The van der Waals surface area contributed by atoms with Gasteiger partial charge in [-0.1, -0.05) is 34.4 Å². The zero-order valence-electron chi connectivity index (χ0n) is 14.7. The Labute approximate surface area is 178 Å². The van der Waals surface area contributed by atoms with Crippen molar-refractivity contribution in [2.75, 3.05) is 12.4 Å². The zero-order chi connectivity index (χ0) is 21.4. The number of nitrogens with zero attached hydrogens (tertiary/aromatic N) is 1. The van der Waals surface area contributed by atoms with Gasteiger partial charge in [-0.3, -0.25) is 0 Å². The van der Waals surface area contributed by atoms with Gasteiger partial charge in [0.25, 0.3) is 5.60 Å². The first-order chi connectivity index (χ1) is 13.6. The van der Waals surface area contributed by atoms with Crippen molar-refractivity contribution < 1.29 is 22.4 Å². The van der Waals surface area contributed by atoms with Crippen LogP contribution in [0.25, 0.3) is 0 Å².